The number of phenolic OH excluding ortho intramolecular Hbond substituents is 1. The topological polar surface area (TPSA) is 96.7 Å². The van der Waals surface area contributed by atoms with Crippen LogP contribution in [0.1, 0.15) is 15.9 Å². The van der Waals surface area contributed by atoms with E-state index < -0.39 is 5.91 Å². The molecule has 1 amide bonds. The fourth-order valence-electron chi connectivity index (χ4n) is 2.44. The van der Waals surface area contributed by atoms with Crippen molar-refractivity contribution in [1.29, 1.82) is 0 Å². The highest BCUT2D eigenvalue weighted by Gasteiger charge is 2.16. The van der Waals surface area contributed by atoms with Gasteiger partial charge in [0.05, 0.1) is 5.56 Å². The van der Waals surface area contributed by atoms with Crippen molar-refractivity contribution in [3.8, 4) is 17.2 Å². The standard InChI is InChI=1S/C20H17N3O4S.C3H9N/c1-23-9-8-19(22-23)21-20(26)13-11-17(25)16(3-2-10-24)18(12-13)27-14-4-6-15(28)7-5-14;1-4(2)3/h2-12,25,28H,1H3,(H,21,22,26);1-3H3/b3-2+;. The minimum atomic E-state index is -0.463. The molecule has 8 nitrogen and oxygen atoms in total. The van der Waals surface area contributed by atoms with Gasteiger partial charge in [-0.05, 0) is 69.7 Å². The molecule has 0 unspecified atom stereocenters. The maximum absolute atomic E-state index is 12.5. The summed E-state index contributed by atoms with van der Waals surface area (Å²) in [6, 6.07) is 11.3. The van der Waals surface area contributed by atoms with Crippen molar-refractivity contribution < 1.29 is 19.4 Å². The van der Waals surface area contributed by atoms with E-state index in [9.17, 15) is 14.7 Å². The molecule has 0 saturated heterocycles. The smallest absolute Gasteiger partial charge is 0.257 e. The number of benzene rings is 2. The first kappa shape index (κ1) is 24.7. The van der Waals surface area contributed by atoms with Crippen LogP contribution < -0.4 is 10.1 Å². The number of nitrogens with one attached hydrogen (secondary N) is 1. The van der Waals surface area contributed by atoms with Crippen molar-refractivity contribution in [3.05, 3.63) is 65.9 Å². The van der Waals surface area contributed by atoms with Crippen LogP contribution in [0.2, 0.25) is 0 Å². The van der Waals surface area contributed by atoms with Crippen LogP contribution in [0.4, 0.5) is 5.82 Å². The van der Waals surface area contributed by atoms with Gasteiger partial charge >= 0.3 is 0 Å². The number of phenols is 1. The zero-order valence-electron chi connectivity index (χ0n) is 18.3. The fourth-order valence-corrected chi connectivity index (χ4v) is 2.59. The maximum Gasteiger partial charge on any atom is 0.257 e. The zero-order chi connectivity index (χ0) is 23.7. The lowest BCUT2D eigenvalue weighted by Gasteiger charge is -2.13. The Morgan fingerprint density at radius 2 is 1.84 bits per heavy atom. The lowest BCUT2D eigenvalue weighted by atomic mass is 10.1. The monoisotopic (exact) mass is 454 g/mol. The van der Waals surface area contributed by atoms with Gasteiger partial charge in [0.15, 0.2) is 5.82 Å². The van der Waals surface area contributed by atoms with E-state index in [4.69, 9.17) is 4.74 Å². The third kappa shape index (κ3) is 7.60. The van der Waals surface area contributed by atoms with Crippen LogP contribution in [0, 0.1) is 0 Å². The van der Waals surface area contributed by atoms with Crippen LogP contribution >= 0.6 is 12.6 Å². The SMILES string of the molecule is CN(C)C.Cn1ccc(NC(=O)c2cc(O)c(/C=C/C=O)c(Oc3ccc(S)cc3)c2)n1. The first-order valence-electron chi connectivity index (χ1n) is 9.57. The Kier molecular flexibility index (Phi) is 9.06. The number of allylic oxidation sites excluding steroid dienone is 1. The second kappa shape index (κ2) is 11.7. The summed E-state index contributed by atoms with van der Waals surface area (Å²) in [5.74, 6) is 0.420. The van der Waals surface area contributed by atoms with Crippen molar-refractivity contribution in [2.24, 2.45) is 7.05 Å². The molecular formula is C23H26N4O4S. The first-order valence-corrected chi connectivity index (χ1v) is 10.0. The average molecular weight is 455 g/mol. The van der Waals surface area contributed by atoms with Crippen LogP contribution in [0.5, 0.6) is 17.2 Å². The average Bonchev–Trinajstić information content (AvgIpc) is 3.13. The van der Waals surface area contributed by atoms with Crippen molar-refractivity contribution in [2.45, 2.75) is 4.90 Å². The number of ether oxygens (including phenoxy) is 1. The highest BCUT2D eigenvalue weighted by molar-refractivity contribution is 7.80. The summed E-state index contributed by atoms with van der Waals surface area (Å²) < 4.78 is 7.38. The third-order valence-corrected chi connectivity index (χ3v) is 4.04. The van der Waals surface area contributed by atoms with E-state index in [1.807, 2.05) is 26.0 Å². The molecule has 0 radical (unpaired) electrons. The van der Waals surface area contributed by atoms with Gasteiger partial charge in [-0.25, -0.2) is 0 Å². The summed E-state index contributed by atoms with van der Waals surface area (Å²) in [7, 11) is 7.73. The summed E-state index contributed by atoms with van der Waals surface area (Å²) in [6.45, 7) is 0. The van der Waals surface area contributed by atoms with Gasteiger partial charge in [-0.3, -0.25) is 14.3 Å². The van der Waals surface area contributed by atoms with Crippen LogP contribution in [0.25, 0.3) is 6.08 Å². The van der Waals surface area contributed by atoms with E-state index in [2.05, 4.69) is 23.0 Å². The molecule has 0 aliphatic rings. The Hall–Kier alpha value is -3.56. The lowest BCUT2D eigenvalue weighted by Crippen LogP contribution is -2.13. The molecule has 0 aliphatic carbocycles. The van der Waals surface area contributed by atoms with Gasteiger partial charge < -0.3 is 20.1 Å². The predicted octanol–water partition coefficient (Wildman–Crippen LogP) is 3.85. The summed E-state index contributed by atoms with van der Waals surface area (Å²) in [6.07, 6.45) is 4.91. The second-order valence-corrected chi connectivity index (χ2v) is 7.69. The van der Waals surface area contributed by atoms with Crippen molar-refractivity contribution >= 4 is 36.7 Å². The normalized spacial score (nSPS) is 10.6. The summed E-state index contributed by atoms with van der Waals surface area (Å²) in [4.78, 5) is 26.0. The minimum absolute atomic E-state index is 0.173. The Balaban J connectivity index is 0.000000837. The number of aldehydes is 1. The van der Waals surface area contributed by atoms with Gasteiger partial charge in [0.2, 0.25) is 0 Å². The summed E-state index contributed by atoms with van der Waals surface area (Å²) in [5, 5.41) is 17.1. The van der Waals surface area contributed by atoms with E-state index in [1.54, 1.807) is 48.3 Å². The Labute approximate surface area is 192 Å². The highest BCUT2D eigenvalue weighted by Crippen LogP contribution is 2.34. The number of amides is 1. The molecule has 0 atom stereocenters. The zero-order valence-corrected chi connectivity index (χ0v) is 19.2. The van der Waals surface area contributed by atoms with Crippen LogP contribution in [0.15, 0.2) is 59.6 Å². The van der Waals surface area contributed by atoms with Gasteiger partial charge in [-0.1, -0.05) is 0 Å². The number of thiol groups is 1. The van der Waals surface area contributed by atoms with Crippen molar-refractivity contribution in [1.82, 2.24) is 14.7 Å². The number of aryl methyl sites for hydroxylation is 1. The van der Waals surface area contributed by atoms with Gasteiger partial charge in [-0.15, -0.1) is 12.6 Å². The highest BCUT2D eigenvalue weighted by atomic mass is 32.1. The van der Waals surface area contributed by atoms with Crippen molar-refractivity contribution in [3.63, 3.8) is 0 Å². The Bertz CT molecular complexity index is 1090. The Morgan fingerprint density at radius 1 is 1.19 bits per heavy atom. The number of hydrogen-bond donors (Lipinski definition) is 3. The lowest BCUT2D eigenvalue weighted by molar-refractivity contribution is -0.104. The first-order chi connectivity index (χ1) is 15.2. The number of rotatable bonds is 6. The number of nitrogens with zero attached hydrogens (tertiary/aromatic N) is 3. The van der Waals surface area contributed by atoms with E-state index in [1.165, 1.54) is 24.3 Å². The minimum Gasteiger partial charge on any atom is -0.507 e. The van der Waals surface area contributed by atoms with E-state index in [0.717, 1.165) is 4.90 Å². The largest absolute Gasteiger partial charge is 0.507 e. The molecule has 32 heavy (non-hydrogen) atoms. The van der Waals surface area contributed by atoms with Crippen LogP contribution in [-0.4, -0.2) is 53.1 Å². The van der Waals surface area contributed by atoms with E-state index >= 15 is 0 Å². The number of carbonyl (C=O) groups is 2. The fraction of sp³-hybridized carbons (Fsp3) is 0.174. The molecule has 0 saturated carbocycles. The molecule has 3 aromatic rings. The maximum atomic E-state index is 12.5. The Morgan fingerprint density at radius 3 is 2.41 bits per heavy atom. The molecule has 0 bridgehead atoms. The number of aromatic nitrogens is 2. The number of aromatic hydroxyl groups is 1. The van der Waals surface area contributed by atoms with Gasteiger partial charge in [0, 0.05) is 29.8 Å². The summed E-state index contributed by atoms with van der Waals surface area (Å²) in [5.41, 5.74) is 0.448. The van der Waals surface area contributed by atoms with Gasteiger partial charge in [-0.2, -0.15) is 5.10 Å². The molecule has 1 heterocycles. The van der Waals surface area contributed by atoms with Crippen LogP contribution in [-0.2, 0) is 11.8 Å². The molecule has 2 aromatic carbocycles. The predicted molar refractivity (Wildman–Crippen MR) is 128 cm³/mol. The molecule has 0 fully saturated rings. The van der Waals surface area contributed by atoms with Crippen LogP contribution in [0.3, 0.4) is 0 Å². The quantitative estimate of drug-likeness (QED) is 0.297. The molecule has 1 aromatic heterocycles. The molecule has 168 valence electrons. The van der Waals surface area contributed by atoms with Crippen molar-refractivity contribution in [2.75, 3.05) is 26.5 Å². The third-order valence-electron chi connectivity index (χ3n) is 3.74. The second-order valence-electron chi connectivity index (χ2n) is 7.17. The van der Waals surface area contributed by atoms with E-state index in [-0.39, 0.29) is 22.6 Å². The van der Waals surface area contributed by atoms with Gasteiger partial charge in [0.25, 0.3) is 5.91 Å². The molecular weight excluding hydrogens is 428 g/mol. The number of anilines is 1. The van der Waals surface area contributed by atoms with Gasteiger partial charge in [0.1, 0.15) is 23.5 Å². The molecule has 0 aliphatic heterocycles. The number of hydrogen-bond acceptors (Lipinski definition) is 7. The number of carbonyl (C=O) groups excluding carboxylic acids is 2. The summed E-state index contributed by atoms with van der Waals surface area (Å²) >= 11 is 4.23. The molecule has 3 rings (SSSR count). The molecule has 0 spiro atoms. The van der Waals surface area contributed by atoms with E-state index in [0.29, 0.717) is 17.9 Å². The molecule has 2 N–H and O–H groups in total. The molecule has 9 heteroatoms.